The first kappa shape index (κ1) is 19.4. The zero-order chi connectivity index (χ0) is 14.9. The summed E-state index contributed by atoms with van der Waals surface area (Å²) < 4.78 is 0. The van der Waals surface area contributed by atoms with Gasteiger partial charge in [0.1, 0.15) is 0 Å². The summed E-state index contributed by atoms with van der Waals surface area (Å²) in [5, 5.41) is 8.76. The van der Waals surface area contributed by atoms with Crippen LogP contribution >= 0.6 is 0 Å². The third-order valence-electron chi connectivity index (χ3n) is 3.46. The van der Waals surface area contributed by atoms with Crippen molar-refractivity contribution in [3.8, 4) is 0 Å². The van der Waals surface area contributed by atoms with Gasteiger partial charge in [-0.2, -0.15) is 0 Å². The van der Waals surface area contributed by atoms with Crippen molar-refractivity contribution >= 4 is 0 Å². The zero-order valence-electron chi connectivity index (χ0n) is 13.4. The van der Waals surface area contributed by atoms with Crippen molar-refractivity contribution in [2.24, 2.45) is 5.73 Å². The van der Waals surface area contributed by atoms with E-state index >= 15 is 0 Å². The van der Waals surface area contributed by atoms with Gasteiger partial charge in [0.25, 0.3) is 0 Å². The largest absolute Gasteiger partial charge is 0.394 e. The number of rotatable bonds is 14. The second kappa shape index (κ2) is 16.5. The van der Waals surface area contributed by atoms with E-state index in [-0.39, 0.29) is 12.6 Å². The lowest BCUT2D eigenvalue weighted by molar-refractivity contribution is 0.284. The first-order valence-corrected chi connectivity index (χ1v) is 8.49. The van der Waals surface area contributed by atoms with E-state index in [0.29, 0.717) is 0 Å². The summed E-state index contributed by atoms with van der Waals surface area (Å²) in [4.78, 5) is 0. The Labute approximate surface area is 126 Å². The van der Waals surface area contributed by atoms with Gasteiger partial charge in [-0.25, -0.2) is 0 Å². The van der Waals surface area contributed by atoms with E-state index in [9.17, 15) is 0 Å². The molecule has 0 spiro atoms. The van der Waals surface area contributed by atoms with Crippen molar-refractivity contribution in [2.45, 2.75) is 83.6 Å². The molecule has 0 saturated heterocycles. The highest BCUT2D eigenvalue weighted by Crippen LogP contribution is 2.10. The molecule has 0 aromatic rings. The van der Waals surface area contributed by atoms with Gasteiger partial charge in [-0.3, -0.25) is 0 Å². The van der Waals surface area contributed by atoms with Crippen molar-refractivity contribution in [3.63, 3.8) is 0 Å². The summed E-state index contributed by atoms with van der Waals surface area (Å²) in [6, 6.07) is -0.179. The van der Waals surface area contributed by atoms with Crippen LogP contribution in [0.15, 0.2) is 24.3 Å². The van der Waals surface area contributed by atoms with E-state index in [2.05, 4.69) is 25.2 Å². The van der Waals surface area contributed by atoms with Crippen LogP contribution in [0.5, 0.6) is 0 Å². The molecular weight excluding hydrogens is 246 g/mol. The third kappa shape index (κ3) is 15.5. The lowest BCUT2D eigenvalue weighted by atomic mass is 10.1. The van der Waals surface area contributed by atoms with E-state index in [0.717, 1.165) is 6.42 Å². The number of allylic oxidation sites excluding steroid dienone is 3. The first-order chi connectivity index (χ1) is 9.81. The summed E-state index contributed by atoms with van der Waals surface area (Å²) in [6.07, 6.45) is 22.9. The summed E-state index contributed by atoms with van der Waals surface area (Å²) in [6.45, 7) is 2.27. The highest BCUT2D eigenvalue weighted by atomic mass is 16.3. The number of aliphatic hydroxyl groups is 1. The Bertz CT molecular complexity index is 236. The molecule has 0 bridgehead atoms. The highest BCUT2D eigenvalue weighted by Gasteiger charge is 1.93. The Hall–Kier alpha value is -0.600. The topological polar surface area (TPSA) is 46.2 Å². The number of hydrogen-bond acceptors (Lipinski definition) is 2. The standard InChI is InChI=1S/C18H35NO/c1-2-3-4-5-6-7-8-9-10-11-12-13-14-15-16-18(19)17-20/h4-5,15-16,18,20H,2-3,6-14,17,19H2,1H3/b5-4-,16-15+. The minimum atomic E-state index is -0.179. The maximum Gasteiger partial charge on any atom is 0.0618 e. The fourth-order valence-electron chi connectivity index (χ4n) is 2.14. The molecule has 0 saturated carbocycles. The maximum absolute atomic E-state index is 8.76. The Morgan fingerprint density at radius 1 is 0.800 bits per heavy atom. The monoisotopic (exact) mass is 281 g/mol. The molecule has 0 aliphatic heterocycles. The second-order valence-corrected chi connectivity index (χ2v) is 5.59. The Balaban J connectivity index is 3.11. The van der Waals surface area contributed by atoms with Gasteiger partial charge in [0.05, 0.1) is 6.61 Å². The van der Waals surface area contributed by atoms with Crippen LogP contribution in [0.4, 0.5) is 0 Å². The van der Waals surface area contributed by atoms with Crippen LogP contribution in [0.1, 0.15) is 77.6 Å². The van der Waals surface area contributed by atoms with Gasteiger partial charge in [0, 0.05) is 6.04 Å². The number of unbranched alkanes of at least 4 members (excludes halogenated alkanes) is 9. The normalized spacial score (nSPS) is 13.6. The third-order valence-corrected chi connectivity index (χ3v) is 3.46. The zero-order valence-corrected chi connectivity index (χ0v) is 13.4. The Morgan fingerprint density at radius 3 is 1.85 bits per heavy atom. The lowest BCUT2D eigenvalue weighted by Gasteiger charge is -2.01. The van der Waals surface area contributed by atoms with E-state index in [1.54, 1.807) is 0 Å². The molecule has 0 rings (SSSR count). The van der Waals surface area contributed by atoms with E-state index in [1.165, 1.54) is 64.2 Å². The smallest absolute Gasteiger partial charge is 0.0618 e. The molecule has 2 nitrogen and oxygen atoms in total. The molecule has 0 fully saturated rings. The van der Waals surface area contributed by atoms with Crippen LogP contribution in [0.3, 0.4) is 0 Å². The fourth-order valence-corrected chi connectivity index (χ4v) is 2.14. The predicted molar refractivity (Wildman–Crippen MR) is 89.8 cm³/mol. The van der Waals surface area contributed by atoms with Crippen molar-refractivity contribution in [3.05, 3.63) is 24.3 Å². The quantitative estimate of drug-likeness (QED) is 0.357. The van der Waals surface area contributed by atoms with Crippen LogP contribution in [0.2, 0.25) is 0 Å². The van der Waals surface area contributed by atoms with Gasteiger partial charge in [0.2, 0.25) is 0 Å². The van der Waals surface area contributed by atoms with Crippen LogP contribution in [0.25, 0.3) is 0 Å². The van der Waals surface area contributed by atoms with Crippen LogP contribution in [0, 0.1) is 0 Å². The molecule has 0 aromatic heterocycles. The van der Waals surface area contributed by atoms with Crippen LogP contribution < -0.4 is 5.73 Å². The van der Waals surface area contributed by atoms with Crippen LogP contribution in [-0.4, -0.2) is 17.8 Å². The number of aliphatic hydroxyl groups excluding tert-OH is 1. The maximum atomic E-state index is 8.76. The molecule has 1 atom stereocenters. The average molecular weight is 281 g/mol. The SMILES string of the molecule is CCC/C=C\CCCCCCCCC/C=C/C(N)CO. The first-order valence-electron chi connectivity index (χ1n) is 8.49. The predicted octanol–water partition coefficient (Wildman–Crippen LogP) is 4.73. The molecule has 0 aliphatic carbocycles. The van der Waals surface area contributed by atoms with Crippen molar-refractivity contribution < 1.29 is 5.11 Å². The fraction of sp³-hybridized carbons (Fsp3) is 0.778. The Morgan fingerprint density at radius 2 is 1.30 bits per heavy atom. The minimum absolute atomic E-state index is 0.0458. The van der Waals surface area contributed by atoms with Gasteiger partial charge in [-0.05, 0) is 32.1 Å². The molecule has 0 radical (unpaired) electrons. The molecule has 3 N–H and O–H groups in total. The molecule has 2 heteroatoms. The summed E-state index contributed by atoms with van der Waals surface area (Å²) in [5.74, 6) is 0. The molecule has 0 aliphatic rings. The molecule has 118 valence electrons. The molecule has 1 unspecified atom stereocenters. The second-order valence-electron chi connectivity index (χ2n) is 5.59. The molecule has 0 aromatic carbocycles. The molecule has 20 heavy (non-hydrogen) atoms. The van der Waals surface area contributed by atoms with Gasteiger partial charge in [-0.1, -0.05) is 69.8 Å². The summed E-state index contributed by atoms with van der Waals surface area (Å²) in [7, 11) is 0. The summed E-state index contributed by atoms with van der Waals surface area (Å²) in [5.41, 5.74) is 5.58. The highest BCUT2D eigenvalue weighted by molar-refractivity contribution is 4.90. The van der Waals surface area contributed by atoms with Crippen molar-refractivity contribution in [2.75, 3.05) is 6.61 Å². The van der Waals surface area contributed by atoms with Crippen molar-refractivity contribution in [1.29, 1.82) is 0 Å². The number of nitrogens with two attached hydrogens (primary N) is 1. The molecule has 0 amide bonds. The van der Waals surface area contributed by atoms with Crippen LogP contribution in [-0.2, 0) is 0 Å². The molecule has 0 heterocycles. The van der Waals surface area contributed by atoms with Gasteiger partial charge < -0.3 is 10.8 Å². The Kier molecular flexibility index (Phi) is 16.0. The van der Waals surface area contributed by atoms with Gasteiger partial charge in [-0.15, -0.1) is 0 Å². The summed E-state index contributed by atoms with van der Waals surface area (Å²) >= 11 is 0. The van der Waals surface area contributed by atoms with E-state index in [1.807, 2.05) is 6.08 Å². The van der Waals surface area contributed by atoms with E-state index in [4.69, 9.17) is 10.8 Å². The number of hydrogen-bond donors (Lipinski definition) is 2. The minimum Gasteiger partial charge on any atom is -0.394 e. The average Bonchev–Trinajstić information content (AvgIpc) is 2.47. The van der Waals surface area contributed by atoms with Gasteiger partial charge in [0.15, 0.2) is 0 Å². The van der Waals surface area contributed by atoms with Crippen molar-refractivity contribution in [1.82, 2.24) is 0 Å². The van der Waals surface area contributed by atoms with E-state index < -0.39 is 0 Å². The molecular formula is C18H35NO. The van der Waals surface area contributed by atoms with Gasteiger partial charge >= 0.3 is 0 Å². The lowest BCUT2D eigenvalue weighted by Crippen LogP contribution is -2.20.